The Morgan fingerprint density at radius 2 is 2.00 bits per heavy atom. The fraction of sp³-hybridized carbons (Fsp3) is 0.250. The maximum absolute atomic E-state index is 11.2. The van der Waals surface area contributed by atoms with E-state index in [1.807, 2.05) is 36.1 Å². The Labute approximate surface area is 152 Å². The van der Waals surface area contributed by atoms with Gasteiger partial charge >= 0.3 is 5.69 Å². The Kier molecular flexibility index (Phi) is 5.31. The number of hydrogen-bond acceptors (Lipinski definition) is 5. The number of nitrogens with zero attached hydrogens (tertiary/aromatic N) is 3. The van der Waals surface area contributed by atoms with Gasteiger partial charge in [-0.2, -0.15) is 0 Å². The van der Waals surface area contributed by atoms with E-state index in [1.165, 1.54) is 11.6 Å². The molecule has 1 fully saturated rings. The molecule has 3 rings (SSSR count). The molecule has 0 radical (unpaired) electrons. The quantitative estimate of drug-likeness (QED) is 0.658. The molecule has 1 aromatic carbocycles. The van der Waals surface area contributed by atoms with Crippen molar-refractivity contribution in [3.05, 3.63) is 75.5 Å². The van der Waals surface area contributed by atoms with Crippen LogP contribution in [0, 0.1) is 17.0 Å². The van der Waals surface area contributed by atoms with Crippen molar-refractivity contribution in [2.24, 2.45) is 0 Å². The highest BCUT2D eigenvalue weighted by Gasteiger charge is 2.23. The molecule has 1 saturated heterocycles. The van der Waals surface area contributed by atoms with E-state index in [4.69, 9.17) is 0 Å². The first-order chi connectivity index (χ1) is 12.5. The number of aromatic hydroxyl groups is 1. The molecular weight excluding hydrogens is 330 g/mol. The maximum Gasteiger partial charge on any atom is 0.311 e. The van der Waals surface area contributed by atoms with Gasteiger partial charge < -0.3 is 10.0 Å². The number of allylic oxidation sites excluding steroid dienone is 2. The molecule has 1 aliphatic heterocycles. The molecule has 0 saturated carbocycles. The van der Waals surface area contributed by atoms with Gasteiger partial charge in [0, 0.05) is 24.8 Å². The lowest BCUT2D eigenvalue weighted by molar-refractivity contribution is -0.384. The van der Waals surface area contributed by atoms with Crippen molar-refractivity contribution in [3.8, 4) is 5.75 Å². The fourth-order valence-corrected chi connectivity index (χ4v) is 3.01. The predicted octanol–water partition coefficient (Wildman–Crippen LogP) is 4.24. The van der Waals surface area contributed by atoms with Crippen molar-refractivity contribution in [1.29, 1.82) is 0 Å². The van der Waals surface area contributed by atoms with Crippen molar-refractivity contribution >= 4 is 17.6 Å². The summed E-state index contributed by atoms with van der Waals surface area (Å²) in [5.41, 5.74) is 3.08. The molecule has 0 atom stereocenters. The second-order valence-corrected chi connectivity index (χ2v) is 6.32. The Morgan fingerprint density at radius 1 is 1.23 bits per heavy atom. The van der Waals surface area contributed by atoms with E-state index in [0.29, 0.717) is 18.9 Å². The zero-order valence-electron chi connectivity index (χ0n) is 14.6. The molecule has 26 heavy (non-hydrogen) atoms. The van der Waals surface area contributed by atoms with Crippen LogP contribution in [0.2, 0.25) is 0 Å². The Bertz CT molecular complexity index is 864. The van der Waals surface area contributed by atoms with E-state index >= 15 is 0 Å². The summed E-state index contributed by atoms with van der Waals surface area (Å²) in [5.74, 6) is 0.713. The van der Waals surface area contributed by atoms with Gasteiger partial charge in [0.05, 0.1) is 4.92 Å². The monoisotopic (exact) mass is 351 g/mol. The SMILES string of the molecule is Cc1ccc([N+](=O)[O-])c(N2CCC(=CC=Cc3cccc(O)c3)CC2)n1. The van der Waals surface area contributed by atoms with Crippen LogP contribution in [0.4, 0.5) is 11.5 Å². The number of rotatable bonds is 4. The normalized spacial score (nSPS) is 14.7. The van der Waals surface area contributed by atoms with Crippen LogP contribution < -0.4 is 4.90 Å². The second kappa shape index (κ2) is 7.82. The van der Waals surface area contributed by atoms with Crippen LogP contribution in [0.15, 0.2) is 54.1 Å². The number of benzene rings is 1. The molecule has 6 heteroatoms. The zero-order chi connectivity index (χ0) is 18.5. The lowest BCUT2D eigenvalue weighted by Crippen LogP contribution is -2.32. The summed E-state index contributed by atoms with van der Waals surface area (Å²) in [6.07, 6.45) is 7.70. The van der Waals surface area contributed by atoms with Crippen LogP contribution in [0.3, 0.4) is 0 Å². The number of hydrogen-bond donors (Lipinski definition) is 1. The van der Waals surface area contributed by atoms with Gasteiger partial charge in [-0.25, -0.2) is 4.98 Å². The first kappa shape index (κ1) is 17.7. The number of phenolic OH excluding ortho intramolecular Hbond substituents is 1. The largest absolute Gasteiger partial charge is 0.508 e. The third-order valence-electron chi connectivity index (χ3n) is 4.39. The summed E-state index contributed by atoms with van der Waals surface area (Å²) < 4.78 is 0. The van der Waals surface area contributed by atoms with Crippen LogP contribution >= 0.6 is 0 Å². The number of aromatic nitrogens is 1. The van der Waals surface area contributed by atoms with Crippen LogP contribution in [0.1, 0.15) is 24.1 Å². The number of nitro groups is 1. The average molecular weight is 351 g/mol. The standard InChI is InChI=1S/C20H21N3O3/c1-15-8-9-19(23(25)26)20(21-15)22-12-10-16(11-13-22)4-2-5-17-6-3-7-18(24)14-17/h2-9,14,24H,10-13H2,1H3. The van der Waals surface area contributed by atoms with Crippen molar-refractivity contribution in [2.75, 3.05) is 18.0 Å². The molecule has 2 heterocycles. The van der Waals surface area contributed by atoms with E-state index in [1.54, 1.807) is 18.2 Å². The summed E-state index contributed by atoms with van der Waals surface area (Å²) in [4.78, 5) is 17.2. The first-order valence-corrected chi connectivity index (χ1v) is 8.55. The molecule has 0 spiro atoms. The second-order valence-electron chi connectivity index (χ2n) is 6.32. The van der Waals surface area contributed by atoms with Crippen LogP contribution in [-0.4, -0.2) is 28.1 Å². The zero-order valence-corrected chi connectivity index (χ0v) is 14.6. The molecule has 0 aliphatic carbocycles. The molecule has 6 nitrogen and oxygen atoms in total. The van der Waals surface area contributed by atoms with Gasteiger partial charge in [0.25, 0.3) is 0 Å². The highest BCUT2D eigenvalue weighted by Crippen LogP contribution is 2.29. The number of aryl methyl sites for hydroxylation is 1. The van der Waals surface area contributed by atoms with Crippen LogP contribution in [0.5, 0.6) is 5.75 Å². The number of pyridine rings is 1. The molecule has 2 aromatic rings. The van der Waals surface area contributed by atoms with Gasteiger partial charge in [0.15, 0.2) is 0 Å². The highest BCUT2D eigenvalue weighted by molar-refractivity contribution is 5.59. The number of piperidine rings is 1. The fourth-order valence-electron chi connectivity index (χ4n) is 3.01. The van der Waals surface area contributed by atoms with Crippen molar-refractivity contribution in [2.45, 2.75) is 19.8 Å². The van der Waals surface area contributed by atoms with Crippen molar-refractivity contribution < 1.29 is 10.0 Å². The summed E-state index contributed by atoms with van der Waals surface area (Å²) >= 11 is 0. The maximum atomic E-state index is 11.2. The Balaban J connectivity index is 1.66. The van der Waals surface area contributed by atoms with Gasteiger partial charge in [-0.05, 0) is 43.5 Å². The topological polar surface area (TPSA) is 79.5 Å². The van der Waals surface area contributed by atoms with Gasteiger partial charge in [0.2, 0.25) is 5.82 Å². The minimum atomic E-state index is -0.370. The average Bonchev–Trinajstić information content (AvgIpc) is 2.62. The Hall–Kier alpha value is -3.15. The highest BCUT2D eigenvalue weighted by atomic mass is 16.6. The summed E-state index contributed by atoms with van der Waals surface area (Å²) in [6.45, 7) is 3.26. The molecule has 1 aliphatic rings. The van der Waals surface area contributed by atoms with Crippen LogP contribution in [0.25, 0.3) is 6.08 Å². The minimum absolute atomic E-state index is 0.0619. The molecule has 1 aromatic heterocycles. The smallest absolute Gasteiger partial charge is 0.311 e. The Morgan fingerprint density at radius 3 is 2.69 bits per heavy atom. The molecule has 134 valence electrons. The third kappa shape index (κ3) is 4.27. The van der Waals surface area contributed by atoms with Gasteiger partial charge in [-0.1, -0.05) is 35.9 Å². The lowest BCUT2D eigenvalue weighted by Gasteiger charge is -2.29. The van der Waals surface area contributed by atoms with E-state index in [-0.39, 0.29) is 16.4 Å². The molecule has 0 bridgehead atoms. The molecule has 0 unspecified atom stereocenters. The van der Waals surface area contributed by atoms with Gasteiger partial charge in [-0.15, -0.1) is 0 Å². The lowest BCUT2D eigenvalue weighted by atomic mass is 10.0. The van der Waals surface area contributed by atoms with Gasteiger partial charge in [0.1, 0.15) is 5.75 Å². The minimum Gasteiger partial charge on any atom is -0.508 e. The number of anilines is 1. The van der Waals surface area contributed by atoms with Gasteiger partial charge in [-0.3, -0.25) is 10.1 Å². The van der Waals surface area contributed by atoms with E-state index in [0.717, 1.165) is 24.1 Å². The molecule has 1 N–H and O–H groups in total. The van der Waals surface area contributed by atoms with Crippen molar-refractivity contribution in [1.82, 2.24) is 4.98 Å². The predicted molar refractivity (Wildman–Crippen MR) is 102 cm³/mol. The number of phenols is 1. The molecular formula is C20H21N3O3. The van der Waals surface area contributed by atoms with E-state index < -0.39 is 0 Å². The first-order valence-electron chi connectivity index (χ1n) is 8.55. The molecule has 0 amide bonds. The summed E-state index contributed by atoms with van der Waals surface area (Å²) in [6, 6.07) is 10.3. The van der Waals surface area contributed by atoms with E-state index in [9.17, 15) is 15.2 Å². The van der Waals surface area contributed by atoms with E-state index in [2.05, 4.69) is 11.1 Å². The van der Waals surface area contributed by atoms with Crippen molar-refractivity contribution in [3.63, 3.8) is 0 Å². The third-order valence-corrected chi connectivity index (χ3v) is 4.39. The summed E-state index contributed by atoms with van der Waals surface area (Å²) in [7, 11) is 0. The summed E-state index contributed by atoms with van der Waals surface area (Å²) in [5, 5.41) is 20.7. The van der Waals surface area contributed by atoms with Crippen LogP contribution in [-0.2, 0) is 0 Å².